The molecule has 0 aliphatic heterocycles. The highest BCUT2D eigenvalue weighted by Crippen LogP contribution is 1.75. The first-order chi connectivity index (χ1) is 4.27. The van der Waals surface area contributed by atoms with E-state index in [0.717, 1.165) is 12.3 Å². The van der Waals surface area contributed by atoms with Crippen molar-refractivity contribution in [2.45, 2.75) is 0 Å². The maximum atomic E-state index is 9.96. The third-order valence-electron chi connectivity index (χ3n) is 0.519. The molecule has 0 saturated heterocycles. The van der Waals surface area contributed by atoms with Crippen LogP contribution in [0.25, 0.3) is 0 Å². The highest BCUT2D eigenvalue weighted by atomic mass is 16.2. The standard InChI is InChI=1S/C5H6N2O2/c6-5(8)3-1-2-4-7-9/h1-4H,(H2,6,8)/b3-1+,4-2-. The van der Waals surface area contributed by atoms with Crippen molar-refractivity contribution in [3.05, 3.63) is 29.3 Å². The first kappa shape index (κ1) is 7.55. The predicted octanol–water partition coefficient (Wildman–Crippen LogP) is 0.308. The fourth-order valence-electron chi connectivity index (χ4n) is 0.235. The molecule has 48 valence electrons. The summed E-state index contributed by atoms with van der Waals surface area (Å²) < 4.78 is 0. The number of nitrogens with two attached hydrogens (primary N) is 1. The van der Waals surface area contributed by atoms with Crippen LogP contribution < -0.4 is 5.73 Å². The fourth-order valence-corrected chi connectivity index (χ4v) is 0.235. The molecule has 0 aromatic rings. The lowest BCUT2D eigenvalue weighted by Gasteiger charge is -1.72. The summed E-state index contributed by atoms with van der Waals surface area (Å²) in [6, 6.07) is 0. The Hall–Kier alpha value is -1.45. The molecule has 2 N–H and O–H groups in total. The van der Waals surface area contributed by atoms with Crippen molar-refractivity contribution < 1.29 is 4.79 Å². The van der Waals surface area contributed by atoms with E-state index in [4.69, 9.17) is 5.73 Å². The van der Waals surface area contributed by atoms with E-state index in [9.17, 15) is 9.70 Å². The third kappa shape index (κ3) is 6.55. The van der Waals surface area contributed by atoms with Gasteiger partial charge >= 0.3 is 0 Å². The van der Waals surface area contributed by atoms with Gasteiger partial charge in [0.25, 0.3) is 0 Å². The maximum absolute atomic E-state index is 9.96. The fraction of sp³-hybridized carbons (Fsp3) is 0. The number of nitrogens with zero attached hydrogens (tertiary/aromatic N) is 1. The van der Waals surface area contributed by atoms with Crippen LogP contribution in [-0.2, 0) is 4.79 Å². The van der Waals surface area contributed by atoms with Crippen molar-refractivity contribution in [1.29, 1.82) is 0 Å². The lowest BCUT2D eigenvalue weighted by molar-refractivity contribution is -0.113. The van der Waals surface area contributed by atoms with E-state index in [-0.39, 0.29) is 0 Å². The Morgan fingerprint density at radius 1 is 1.44 bits per heavy atom. The Kier molecular flexibility index (Phi) is 3.95. The Morgan fingerprint density at radius 2 is 2.11 bits per heavy atom. The number of primary amides is 1. The minimum atomic E-state index is -0.550. The van der Waals surface area contributed by atoms with E-state index < -0.39 is 5.91 Å². The van der Waals surface area contributed by atoms with Gasteiger partial charge in [-0.2, -0.15) is 0 Å². The summed E-state index contributed by atoms with van der Waals surface area (Å²) in [6.07, 6.45) is 4.79. The lowest BCUT2D eigenvalue weighted by Crippen LogP contribution is -2.04. The van der Waals surface area contributed by atoms with Crippen LogP contribution in [0, 0.1) is 4.91 Å². The van der Waals surface area contributed by atoms with Crippen molar-refractivity contribution in [3.63, 3.8) is 0 Å². The smallest absolute Gasteiger partial charge is 0.241 e. The van der Waals surface area contributed by atoms with Crippen molar-refractivity contribution in [1.82, 2.24) is 0 Å². The predicted molar refractivity (Wildman–Crippen MR) is 33.3 cm³/mol. The monoisotopic (exact) mass is 126 g/mol. The molecule has 1 amide bonds. The van der Waals surface area contributed by atoms with Gasteiger partial charge in [0.15, 0.2) is 0 Å². The minimum Gasteiger partial charge on any atom is -0.366 e. The molecule has 0 bridgehead atoms. The normalized spacial score (nSPS) is 10.7. The van der Waals surface area contributed by atoms with Gasteiger partial charge in [-0.25, -0.2) is 0 Å². The number of nitroso groups, excluding NO2 is 1. The Bertz CT molecular complexity index is 160. The largest absolute Gasteiger partial charge is 0.366 e. The van der Waals surface area contributed by atoms with E-state index in [0.29, 0.717) is 0 Å². The zero-order valence-corrected chi connectivity index (χ0v) is 4.65. The Labute approximate surface area is 52.0 Å². The van der Waals surface area contributed by atoms with Crippen LogP contribution >= 0.6 is 0 Å². The van der Waals surface area contributed by atoms with Gasteiger partial charge in [0, 0.05) is 6.08 Å². The first-order valence-corrected chi connectivity index (χ1v) is 2.22. The maximum Gasteiger partial charge on any atom is 0.241 e. The van der Waals surface area contributed by atoms with Gasteiger partial charge in [0.1, 0.15) is 0 Å². The van der Waals surface area contributed by atoms with Gasteiger partial charge in [-0.3, -0.25) is 4.79 Å². The molecule has 4 nitrogen and oxygen atoms in total. The second-order valence-electron chi connectivity index (χ2n) is 1.21. The molecule has 0 spiro atoms. The second kappa shape index (κ2) is 4.70. The van der Waals surface area contributed by atoms with Gasteiger partial charge in [-0.15, -0.1) is 4.91 Å². The van der Waals surface area contributed by atoms with Crippen molar-refractivity contribution >= 4 is 5.91 Å². The van der Waals surface area contributed by atoms with E-state index in [1.54, 1.807) is 0 Å². The van der Waals surface area contributed by atoms with Crippen LogP contribution in [0.4, 0.5) is 0 Å². The molecule has 0 fully saturated rings. The molecule has 0 aromatic carbocycles. The topological polar surface area (TPSA) is 72.5 Å². The molecule has 4 heteroatoms. The van der Waals surface area contributed by atoms with Crippen LogP contribution in [0.15, 0.2) is 29.6 Å². The van der Waals surface area contributed by atoms with E-state index in [1.807, 2.05) is 0 Å². The number of hydrogen-bond donors (Lipinski definition) is 1. The number of hydrogen-bond acceptors (Lipinski definition) is 3. The zero-order chi connectivity index (χ0) is 7.11. The molecule has 9 heavy (non-hydrogen) atoms. The molecule has 0 aliphatic rings. The zero-order valence-electron chi connectivity index (χ0n) is 4.65. The molecule has 0 heterocycles. The summed E-state index contributed by atoms with van der Waals surface area (Å²) in [7, 11) is 0. The Balaban J connectivity index is 3.59. The molecule has 0 atom stereocenters. The lowest BCUT2D eigenvalue weighted by atomic mass is 10.5. The van der Waals surface area contributed by atoms with Crippen molar-refractivity contribution in [2.24, 2.45) is 10.9 Å². The van der Waals surface area contributed by atoms with Gasteiger partial charge in [0.05, 0.1) is 6.20 Å². The SMILES string of the molecule is NC(=O)/C=C/C=C\N=O. The summed E-state index contributed by atoms with van der Waals surface area (Å²) in [6.45, 7) is 0. The molecule has 0 aromatic heterocycles. The first-order valence-electron chi connectivity index (χ1n) is 2.22. The molecule has 0 saturated carbocycles. The third-order valence-corrected chi connectivity index (χ3v) is 0.519. The average molecular weight is 126 g/mol. The highest BCUT2D eigenvalue weighted by molar-refractivity contribution is 5.85. The summed E-state index contributed by atoms with van der Waals surface area (Å²) in [5, 5.41) is 2.40. The number of rotatable bonds is 3. The highest BCUT2D eigenvalue weighted by Gasteiger charge is 1.75. The van der Waals surface area contributed by atoms with E-state index >= 15 is 0 Å². The van der Waals surface area contributed by atoms with Gasteiger partial charge in [-0.05, 0) is 11.3 Å². The van der Waals surface area contributed by atoms with Crippen LogP contribution in [0.1, 0.15) is 0 Å². The summed E-state index contributed by atoms with van der Waals surface area (Å²) >= 11 is 0. The number of allylic oxidation sites excluding steroid dienone is 2. The van der Waals surface area contributed by atoms with E-state index in [2.05, 4.69) is 5.18 Å². The molecule has 0 rings (SSSR count). The second-order valence-corrected chi connectivity index (χ2v) is 1.21. The van der Waals surface area contributed by atoms with E-state index in [1.165, 1.54) is 12.2 Å². The minimum absolute atomic E-state index is 0.550. The number of carbonyl (C=O) groups excluding carboxylic acids is 1. The van der Waals surface area contributed by atoms with Gasteiger partial charge in [-0.1, -0.05) is 6.08 Å². The summed E-state index contributed by atoms with van der Waals surface area (Å²) in [5.41, 5.74) is 4.71. The van der Waals surface area contributed by atoms with Crippen LogP contribution in [-0.4, -0.2) is 5.91 Å². The molecular formula is C5H6N2O2. The van der Waals surface area contributed by atoms with Gasteiger partial charge < -0.3 is 5.73 Å². The molecule has 0 unspecified atom stereocenters. The van der Waals surface area contributed by atoms with Crippen LogP contribution in [0.2, 0.25) is 0 Å². The van der Waals surface area contributed by atoms with Crippen LogP contribution in [0.5, 0.6) is 0 Å². The number of amides is 1. The molecule has 0 radical (unpaired) electrons. The molecular weight excluding hydrogens is 120 g/mol. The van der Waals surface area contributed by atoms with Crippen molar-refractivity contribution in [3.8, 4) is 0 Å². The molecule has 0 aliphatic carbocycles. The number of carbonyl (C=O) groups is 1. The summed E-state index contributed by atoms with van der Waals surface area (Å²) in [5.74, 6) is -0.550. The average Bonchev–Trinajstić information content (AvgIpc) is 1.80. The van der Waals surface area contributed by atoms with Crippen molar-refractivity contribution in [2.75, 3.05) is 0 Å². The quantitative estimate of drug-likeness (QED) is 0.335. The Morgan fingerprint density at radius 3 is 2.56 bits per heavy atom. The van der Waals surface area contributed by atoms with Crippen LogP contribution in [0.3, 0.4) is 0 Å². The van der Waals surface area contributed by atoms with Gasteiger partial charge in [0.2, 0.25) is 5.91 Å². The summed E-state index contributed by atoms with van der Waals surface area (Å²) in [4.78, 5) is 19.3.